The van der Waals surface area contributed by atoms with Crippen LogP contribution >= 0.6 is 0 Å². The van der Waals surface area contributed by atoms with Crippen molar-refractivity contribution in [3.63, 3.8) is 0 Å². The summed E-state index contributed by atoms with van der Waals surface area (Å²) in [5.74, 6) is 0.120. The molecule has 0 spiro atoms. The molecule has 1 fully saturated rings. The number of likely N-dealkylation sites (tertiary alicyclic amines) is 1. The second kappa shape index (κ2) is 8.79. The number of piperidine rings is 1. The summed E-state index contributed by atoms with van der Waals surface area (Å²) in [4.78, 5) is 14.4. The summed E-state index contributed by atoms with van der Waals surface area (Å²) in [5, 5.41) is 3.02. The molecule has 0 bridgehead atoms. The van der Waals surface area contributed by atoms with Gasteiger partial charge in [0.25, 0.3) is 0 Å². The van der Waals surface area contributed by atoms with Gasteiger partial charge in [0.1, 0.15) is 0 Å². The third kappa shape index (κ3) is 5.34. The van der Waals surface area contributed by atoms with Crippen molar-refractivity contribution in [2.75, 3.05) is 25.4 Å². The molecule has 1 amide bonds. The number of rotatable bonds is 7. The van der Waals surface area contributed by atoms with E-state index >= 15 is 0 Å². The van der Waals surface area contributed by atoms with Crippen molar-refractivity contribution in [3.8, 4) is 0 Å². The van der Waals surface area contributed by atoms with E-state index in [0.29, 0.717) is 18.9 Å². The van der Waals surface area contributed by atoms with Crippen molar-refractivity contribution < 1.29 is 4.79 Å². The topological polar surface area (TPSA) is 58.4 Å². The molecule has 0 radical (unpaired) electrons. The molecule has 1 aliphatic heterocycles. The molecule has 4 nitrogen and oxygen atoms in total. The molecule has 0 saturated carbocycles. The van der Waals surface area contributed by atoms with Crippen molar-refractivity contribution in [3.05, 3.63) is 29.8 Å². The van der Waals surface area contributed by atoms with Gasteiger partial charge >= 0.3 is 0 Å². The highest BCUT2D eigenvalue weighted by molar-refractivity contribution is 5.76. The number of hydrogen-bond donors (Lipinski definition) is 2. The van der Waals surface area contributed by atoms with E-state index in [9.17, 15) is 4.79 Å². The quantitative estimate of drug-likeness (QED) is 0.601. The van der Waals surface area contributed by atoms with Crippen LogP contribution in [0.5, 0.6) is 0 Å². The van der Waals surface area contributed by atoms with Crippen LogP contribution in [-0.2, 0) is 11.2 Å². The molecule has 1 saturated heterocycles. The number of aryl methyl sites for hydroxylation is 1. The van der Waals surface area contributed by atoms with E-state index < -0.39 is 0 Å². The van der Waals surface area contributed by atoms with Gasteiger partial charge in [0.05, 0.1) is 0 Å². The Hall–Kier alpha value is -1.55. The summed E-state index contributed by atoms with van der Waals surface area (Å²) in [6.07, 6.45) is 6.23. The minimum atomic E-state index is 0.120. The molecule has 1 aromatic carbocycles. The summed E-state index contributed by atoms with van der Waals surface area (Å²) in [5.41, 5.74) is 7.71. The number of hydrogen-bond acceptors (Lipinski definition) is 3. The Labute approximate surface area is 134 Å². The smallest absolute Gasteiger partial charge is 0.220 e. The molecule has 1 unspecified atom stereocenters. The second-order valence-corrected chi connectivity index (χ2v) is 6.28. The van der Waals surface area contributed by atoms with Crippen molar-refractivity contribution in [1.29, 1.82) is 0 Å². The van der Waals surface area contributed by atoms with E-state index in [2.05, 4.69) is 17.1 Å². The lowest BCUT2D eigenvalue weighted by Crippen LogP contribution is -2.39. The Morgan fingerprint density at radius 3 is 2.95 bits per heavy atom. The first-order valence-electron chi connectivity index (χ1n) is 8.51. The molecular weight excluding hydrogens is 274 g/mol. The molecule has 0 aliphatic carbocycles. The zero-order valence-electron chi connectivity index (χ0n) is 13.7. The second-order valence-electron chi connectivity index (χ2n) is 6.28. The molecule has 2 rings (SSSR count). The maximum absolute atomic E-state index is 11.9. The highest BCUT2D eigenvalue weighted by Gasteiger charge is 2.17. The number of anilines is 1. The summed E-state index contributed by atoms with van der Waals surface area (Å²) in [7, 11) is 0. The third-order valence-electron chi connectivity index (χ3n) is 4.56. The molecule has 1 heterocycles. The average molecular weight is 303 g/mol. The fourth-order valence-electron chi connectivity index (χ4n) is 3.10. The van der Waals surface area contributed by atoms with Crippen LogP contribution < -0.4 is 11.1 Å². The lowest BCUT2D eigenvalue weighted by atomic mass is 10.0. The van der Waals surface area contributed by atoms with Crippen molar-refractivity contribution >= 4 is 11.6 Å². The molecule has 1 atom stereocenters. The third-order valence-corrected chi connectivity index (χ3v) is 4.56. The first kappa shape index (κ1) is 16.8. The Bertz CT molecular complexity index is 475. The van der Waals surface area contributed by atoms with Crippen molar-refractivity contribution in [2.24, 2.45) is 0 Å². The van der Waals surface area contributed by atoms with Crippen molar-refractivity contribution in [2.45, 2.75) is 51.5 Å². The molecule has 4 heteroatoms. The number of para-hydroxylation sites is 1. The van der Waals surface area contributed by atoms with Crippen LogP contribution in [0.4, 0.5) is 5.69 Å². The minimum Gasteiger partial charge on any atom is -0.399 e. The molecule has 3 N–H and O–H groups in total. The highest BCUT2D eigenvalue weighted by atomic mass is 16.1. The number of nitrogen functional groups attached to an aromatic ring is 1. The summed E-state index contributed by atoms with van der Waals surface area (Å²) in [6.45, 7) is 5.38. The van der Waals surface area contributed by atoms with Crippen LogP contribution in [0.15, 0.2) is 24.3 Å². The SMILES string of the molecule is CC1CCCCN1CCCNC(=O)CCc1ccccc1N. The Morgan fingerprint density at radius 1 is 1.36 bits per heavy atom. The number of nitrogens with zero attached hydrogens (tertiary/aromatic N) is 1. The molecule has 1 aromatic rings. The number of carbonyl (C=O) groups is 1. The van der Waals surface area contributed by atoms with Crippen LogP contribution in [0.2, 0.25) is 0 Å². The fourth-order valence-corrected chi connectivity index (χ4v) is 3.10. The maximum atomic E-state index is 11.9. The van der Waals surface area contributed by atoms with E-state index in [1.54, 1.807) is 0 Å². The fraction of sp³-hybridized carbons (Fsp3) is 0.611. The predicted octanol–water partition coefficient (Wildman–Crippen LogP) is 2.58. The van der Waals surface area contributed by atoms with E-state index in [4.69, 9.17) is 5.73 Å². The summed E-state index contributed by atoms with van der Waals surface area (Å²) in [6, 6.07) is 8.45. The zero-order valence-corrected chi connectivity index (χ0v) is 13.7. The van der Waals surface area contributed by atoms with E-state index in [1.807, 2.05) is 24.3 Å². The van der Waals surface area contributed by atoms with Gasteiger partial charge in [0.15, 0.2) is 0 Å². The first-order valence-corrected chi connectivity index (χ1v) is 8.51. The van der Waals surface area contributed by atoms with Gasteiger partial charge in [-0.1, -0.05) is 24.6 Å². The van der Waals surface area contributed by atoms with Crippen LogP contribution in [0.25, 0.3) is 0 Å². The van der Waals surface area contributed by atoms with Crippen LogP contribution in [-0.4, -0.2) is 36.5 Å². The predicted molar refractivity (Wildman–Crippen MR) is 91.7 cm³/mol. The Balaban J connectivity index is 1.59. The molecule has 122 valence electrons. The highest BCUT2D eigenvalue weighted by Crippen LogP contribution is 2.16. The number of carbonyl (C=O) groups excluding carboxylic acids is 1. The van der Waals surface area contributed by atoms with Gasteiger partial charge < -0.3 is 16.0 Å². The number of amides is 1. The van der Waals surface area contributed by atoms with Gasteiger partial charge in [-0.05, 0) is 50.8 Å². The van der Waals surface area contributed by atoms with Crippen LogP contribution in [0, 0.1) is 0 Å². The van der Waals surface area contributed by atoms with Crippen molar-refractivity contribution in [1.82, 2.24) is 10.2 Å². The lowest BCUT2D eigenvalue weighted by Gasteiger charge is -2.33. The van der Waals surface area contributed by atoms with Gasteiger partial charge in [-0.3, -0.25) is 4.79 Å². The van der Waals surface area contributed by atoms with E-state index in [1.165, 1.54) is 25.8 Å². The van der Waals surface area contributed by atoms with Crippen LogP contribution in [0.1, 0.15) is 44.6 Å². The van der Waals surface area contributed by atoms with Gasteiger partial charge in [-0.2, -0.15) is 0 Å². The van der Waals surface area contributed by atoms with Gasteiger partial charge in [-0.15, -0.1) is 0 Å². The van der Waals surface area contributed by atoms with Gasteiger partial charge in [0.2, 0.25) is 5.91 Å². The maximum Gasteiger partial charge on any atom is 0.220 e. The number of nitrogens with two attached hydrogens (primary N) is 1. The largest absolute Gasteiger partial charge is 0.399 e. The Kier molecular flexibility index (Phi) is 6.72. The zero-order chi connectivity index (χ0) is 15.8. The van der Waals surface area contributed by atoms with Gasteiger partial charge in [0, 0.05) is 31.2 Å². The molecule has 0 aromatic heterocycles. The first-order chi connectivity index (χ1) is 10.7. The van der Waals surface area contributed by atoms with Gasteiger partial charge in [-0.25, -0.2) is 0 Å². The Morgan fingerprint density at radius 2 is 2.18 bits per heavy atom. The lowest BCUT2D eigenvalue weighted by molar-refractivity contribution is -0.121. The monoisotopic (exact) mass is 303 g/mol. The molecule has 1 aliphatic rings. The van der Waals surface area contributed by atoms with E-state index in [0.717, 1.165) is 30.8 Å². The summed E-state index contributed by atoms with van der Waals surface area (Å²) >= 11 is 0. The number of nitrogens with one attached hydrogen (secondary N) is 1. The standard InChI is InChI=1S/C18H29N3O/c1-15-7-4-5-13-21(15)14-6-12-20-18(22)11-10-16-8-2-3-9-17(16)19/h2-3,8-9,15H,4-7,10-14,19H2,1H3,(H,20,22). The van der Waals surface area contributed by atoms with E-state index in [-0.39, 0.29) is 5.91 Å². The van der Waals surface area contributed by atoms with Crippen LogP contribution in [0.3, 0.4) is 0 Å². The average Bonchev–Trinajstić information content (AvgIpc) is 2.52. The minimum absolute atomic E-state index is 0.120. The normalized spacial score (nSPS) is 19.0. The summed E-state index contributed by atoms with van der Waals surface area (Å²) < 4.78 is 0. The molecule has 22 heavy (non-hydrogen) atoms. The number of benzene rings is 1. The molecular formula is C18H29N3O.